The van der Waals surface area contributed by atoms with Crippen molar-refractivity contribution >= 4 is 21.6 Å². The second-order valence-corrected chi connectivity index (χ2v) is 9.10. The van der Waals surface area contributed by atoms with Crippen molar-refractivity contribution in [2.24, 2.45) is 0 Å². The molecule has 6 heteroatoms. The van der Waals surface area contributed by atoms with Crippen LogP contribution in [0, 0.1) is 0 Å². The molecule has 2 aromatic rings. The molecule has 0 unspecified atom stereocenters. The van der Waals surface area contributed by atoms with Crippen LogP contribution in [0.25, 0.3) is 0 Å². The molecule has 0 bridgehead atoms. The lowest BCUT2D eigenvalue weighted by Crippen LogP contribution is -2.38. The first-order valence-electron chi connectivity index (χ1n) is 9.90. The Balaban J connectivity index is 1.80. The number of carbonyl (C=O) groups is 1. The van der Waals surface area contributed by atoms with Gasteiger partial charge in [0.1, 0.15) is 0 Å². The maximum atomic E-state index is 13.1. The van der Waals surface area contributed by atoms with Gasteiger partial charge in [-0.3, -0.25) is 9.10 Å². The lowest BCUT2D eigenvalue weighted by atomic mass is 9.94. The predicted molar refractivity (Wildman–Crippen MR) is 112 cm³/mol. The predicted octanol–water partition coefficient (Wildman–Crippen LogP) is 4.31. The fourth-order valence-electron chi connectivity index (χ4n) is 3.82. The fraction of sp³-hybridized carbons (Fsp3) is 0.409. The van der Waals surface area contributed by atoms with Gasteiger partial charge in [-0.15, -0.1) is 0 Å². The molecular weight excluding hydrogens is 372 g/mol. The third kappa shape index (κ3) is 4.22. The monoisotopic (exact) mass is 400 g/mol. The summed E-state index contributed by atoms with van der Waals surface area (Å²) in [4.78, 5) is 14.8. The summed E-state index contributed by atoms with van der Waals surface area (Å²) in [6.45, 7) is 2.14. The summed E-state index contributed by atoms with van der Waals surface area (Å²) in [6, 6.07) is 15.6. The third-order valence-corrected chi connectivity index (χ3v) is 7.38. The van der Waals surface area contributed by atoms with Gasteiger partial charge in [-0.2, -0.15) is 0 Å². The van der Waals surface area contributed by atoms with Crippen molar-refractivity contribution in [1.29, 1.82) is 0 Å². The van der Waals surface area contributed by atoms with E-state index in [1.54, 1.807) is 24.3 Å². The summed E-state index contributed by atoms with van der Waals surface area (Å²) in [6.07, 6.45) is 5.63. The van der Waals surface area contributed by atoms with Crippen LogP contribution in [0.15, 0.2) is 59.5 Å². The number of carbonyl (C=O) groups excluding carboxylic acids is 1. The minimum Gasteiger partial charge on any atom is -0.339 e. The zero-order valence-corrected chi connectivity index (χ0v) is 17.4. The summed E-state index contributed by atoms with van der Waals surface area (Å²) in [5.74, 6) is -0.0498. The highest BCUT2D eigenvalue weighted by molar-refractivity contribution is 7.92. The fourth-order valence-corrected chi connectivity index (χ4v) is 5.29. The van der Waals surface area contributed by atoms with Crippen molar-refractivity contribution in [1.82, 2.24) is 4.90 Å². The smallest absolute Gasteiger partial charge is 0.264 e. The van der Waals surface area contributed by atoms with E-state index in [1.165, 1.54) is 22.9 Å². The van der Waals surface area contributed by atoms with E-state index >= 15 is 0 Å². The van der Waals surface area contributed by atoms with Crippen LogP contribution in [-0.2, 0) is 10.0 Å². The molecule has 0 radical (unpaired) electrons. The van der Waals surface area contributed by atoms with Crippen LogP contribution in [0.3, 0.4) is 0 Å². The van der Waals surface area contributed by atoms with Gasteiger partial charge in [-0.1, -0.05) is 37.5 Å². The highest BCUT2D eigenvalue weighted by Gasteiger charge is 2.26. The Bertz CT molecular complexity index is 889. The number of nitrogens with zero attached hydrogens (tertiary/aromatic N) is 2. The zero-order chi connectivity index (χ0) is 20.1. The maximum absolute atomic E-state index is 13.1. The van der Waals surface area contributed by atoms with Gasteiger partial charge < -0.3 is 4.90 Å². The zero-order valence-electron chi connectivity index (χ0n) is 16.5. The Morgan fingerprint density at radius 2 is 1.57 bits per heavy atom. The van der Waals surface area contributed by atoms with Gasteiger partial charge >= 0.3 is 0 Å². The second kappa shape index (κ2) is 8.78. The molecule has 2 aromatic carbocycles. The van der Waals surface area contributed by atoms with E-state index in [1.807, 2.05) is 37.1 Å². The normalized spacial score (nSPS) is 15.2. The highest BCUT2D eigenvalue weighted by atomic mass is 32.2. The van der Waals surface area contributed by atoms with Crippen LogP contribution in [0.5, 0.6) is 0 Å². The van der Waals surface area contributed by atoms with Crippen LogP contribution < -0.4 is 4.31 Å². The van der Waals surface area contributed by atoms with Crippen LogP contribution in [0.4, 0.5) is 5.69 Å². The minimum atomic E-state index is -3.68. The molecule has 28 heavy (non-hydrogen) atoms. The first-order valence-corrected chi connectivity index (χ1v) is 11.3. The maximum Gasteiger partial charge on any atom is 0.264 e. The van der Waals surface area contributed by atoms with E-state index in [-0.39, 0.29) is 16.8 Å². The van der Waals surface area contributed by atoms with Crippen LogP contribution in [-0.4, -0.2) is 38.9 Å². The molecule has 0 aromatic heterocycles. The number of amides is 1. The molecule has 5 nitrogen and oxygen atoms in total. The number of hydrogen-bond acceptors (Lipinski definition) is 3. The number of benzene rings is 2. The summed E-state index contributed by atoms with van der Waals surface area (Å²) in [5, 5.41) is 0. The van der Waals surface area contributed by atoms with Crippen LogP contribution in [0.1, 0.15) is 49.4 Å². The summed E-state index contributed by atoms with van der Waals surface area (Å²) >= 11 is 0. The van der Waals surface area contributed by atoms with E-state index in [4.69, 9.17) is 0 Å². The molecule has 0 spiro atoms. The first kappa shape index (κ1) is 20.4. The Morgan fingerprint density at radius 1 is 0.964 bits per heavy atom. The van der Waals surface area contributed by atoms with Gasteiger partial charge in [0.2, 0.25) is 0 Å². The SMILES string of the molecule is CCN(c1ccccc1)S(=O)(=O)c1ccc(C(=O)N(C)C2CCCCC2)cc1. The van der Waals surface area contributed by atoms with Gasteiger partial charge in [0.15, 0.2) is 0 Å². The molecule has 0 saturated heterocycles. The van der Waals surface area contributed by atoms with Gasteiger partial charge in [0.05, 0.1) is 10.6 Å². The first-order chi connectivity index (χ1) is 13.4. The van der Waals surface area contributed by atoms with Gasteiger partial charge in [0, 0.05) is 25.2 Å². The lowest BCUT2D eigenvalue weighted by Gasteiger charge is -2.31. The molecule has 1 amide bonds. The third-order valence-electron chi connectivity index (χ3n) is 5.46. The van der Waals surface area contributed by atoms with Crippen molar-refractivity contribution in [3.8, 4) is 0 Å². The average molecular weight is 401 g/mol. The number of hydrogen-bond donors (Lipinski definition) is 0. The molecule has 0 atom stereocenters. The Hall–Kier alpha value is -2.34. The molecule has 0 heterocycles. The largest absolute Gasteiger partial charge is 0.339 e. The molecule has 0 aliphatic heterocycles. The molecule has 3 rings (SSSR count). The molecule has 150 valence electrons. The van der Waals surface area contributed by atoms with Gasteiger partial charge in [-0.25, -0.2) is 8.42 Å². The van der Waals surface area contributed by atoms with E-state index in [0.29, 0.717) is 17.8 Å². The second-order valence-electron chi connectivity index (χ2n) is 7.24. The quantitative estimate of drug-likeness (QED) is 0.726. The van der Waals surface area contributed by atoms with Crippen molar-refractivity contribution < 1.29 is 13.2 Å². The van der Waals surface area contributed by atoms with Crippen molar-refractivity contribution in [2.45, 2.75) is 50.0 Å². The molecule has 1 aliphatic rings. The van der Waals surface area contributed by atoms with Crippen LogP contribution in [0.2, 0.25) is 0 Å². The topological polar surface area (TPSA) is 57.7 Å². The number of rotatable bonds is 6. The van der Waals surface area contributed by atoms with E-state index in [9.17, 15) is 13.2 Å². The summed E-state index contributed by atoms with van der Waals surface area (Å²) < 4.78 is 27.5. The van der Waals surface area contributed by atoms with Crippen LogP contribution >= 0.6 is 0 Å². The van der Waals surface area contributed by atoms with E-state index in [0.717, 1.165) is 25.7 Å². The number of para-hydroxylation sites is 1. The van der Waals surface area contributed by atoms with E-state index < -0.39 is 10.0 Å². The molecule has 1 aliphatic carbocycles. The summed E-state index contributed by atoms with van der Waals surface area (Å²) in [7, 11) is -1.83. The molecule has 1 fully saturated rings. The number of anilines is 1. The Kier molecular flexibility index (Phi) is 6.39. The van der Waals surface area contributed by atoms with Crippen molar-refractivity contribution in [3.05, 3.63) is 60.2 Å². The van der Waals surface area contributed by atoms with Gasteiger partial charge in [-0.05, 0) is 56.2 Å². The highest BCUT2D eigenvalue weighted by Crippen LogP contribution is 2.25. The summed E-state index contributed by atoms with van der Waals surface area (Å²) in [5.41, 5.74) is 1.15. The van der Waals surface area contributed by atoms with Crippen molar-refractivity contribution in [2.75, 3.05) is 17.9 Å². The Labute approximate surface area is 168 Å². The van der Waals surface area contributed by atoms with E-state index in [2.05, 4.69) is 0 Å². The molecular formula is C22H28N2O3S. The number of sulfonamides is 1. The lowest BCUT2D eigenvalue weighted by molar-refractivity contribution is 0.0696. The standard InChI is InChI=1S/C22H28N2O3S/c1-3-24(20-12-8-5-9-13-20)28(26,27)21-16-14-18(15-17-21)22(25)23(2)19-10-6-4-7-11-19/h5,8-9,12-17,19H,3-4,6-7,10-11H2,1-2H3. The molecule has 0 N–H and O–H groups in total. The van der Waals surface area contributed by atoms with Gasteiger partial charge in [0.25, 0.3) is 15.9 Å². The average Bonchev–Trinajstić information content (AvgIpc) is 2.74. The minimum absolute atomic E-state index is 0.0498. The molecule has 1 saturated carbocycles. The van der Waals surface area contributed by atoms with Crippen molar-refractivity contribution in [3.63, 3.8) is 0 Å². The Morgan fingerprint density at radius 3 is 2.14 bits per heavy atom.